The van der Waals surface area contributed by atoms with Gasteiger partial charge in [-0.1, -0.05) is 19.9 Å². The zero-order valence-corrected chi connectivity index (χ0v) is 7.87. The molecule has 0 atom stereocenters. The van der Waals surface area contributed by atoms with Gasteiger partial charge in [0.25, 0.3) is 0 Å². The molecule has 0 saturated carbocycles. The topological polar surface area (TPSA) is 51.2 Å². The van der Waals surface area contributed by atoms with Crippen LogP contribution in [0.4, 0.5) is 5.69 Å². The van der Waals surface area contributed by atoms with Gasteiger partial charge >= 0.3 is 0 Å². The lowest BCUT2D eigenvalue weighted by Gasteiger charge is -1.98. The molecule has 0 spiro atoms. The average Bonchev–Trinajstić information content (AvgIpc) is 2.68. The van der Waals surface area contributed by atoms with Gasteiger partial charge in [-0.25, -0.2) is 0 Å². The van der Waals surface area contributed by atoms with Crippen molar-refractivity contribution in [2.24, 2.45) is 5.84 Å². The molecule has 0 fully saturated rings. The van der Waals surface area contributed by atoms with E-state index >= 15 is 0 Å². The van der Waals surface area contributed by atoms with Gasteiger partial charge in [0.2, 0.25) is 0 Å². The van der Waals surface area contributed by atoms with Crippen molar-refractivity contribution in [1.82, 2.24) is 0 Å². The Balaban J connectivity index is 0.000000396. The van der Waals surface area contributed by atoms with Crippen LogP contribution < -0.4 is 11.3 Å². The summed E-state index contributed by atoms with van der Waals surface area (Å²) in [5.41, 5.74) is 4.33. The SMILES string of the molecule is CC.NNc1cccc2occc12. The maximum atomic E-state index is 5.28. The summed E-state index contributed by atoms with van der Waals surface area (Å²) in [4.78, 5) is 0. The van der Waals surface area contributed by atoms with Gasteiger partial charge in [-0.05, 0) is 18.2 Å². The Morgan fingerprint density at radius 3 is 2.69 bits per heavy atom. The molecule has 3 nitrogen and oxygen atoms in total. The molecule has 1 aromatic heterocycles. The number of nitrogens with two attached hydrogens (primary N) is 1. The van der Waals surface area contributed by atoms with E-state index in [2.05, 4.69) is 5.43 Å². The third kappa shape index (κ3) is 1.81. The molecule has 0 unspecified atom stereocenters. The number of fused-ring (bicyclic) bond motifs is 1. The summed E-state index contributed by atoms with van der Waals surface area (Å²) in [7, 11) is 0. The quantitative estimate of drug-likeness (QED) is 0.521. The summed E-state index contributed by atoms with van der Waals surface area (Å²) >= 11 is 0. The maximum Gasteiger partial charge on any atom is 0.135 e. The molecule has 3 heteroatoms. The number of furan rings is 1. The van der Waals surface area contributed by atoms with Crippen molar-refractivity contribution >= 4 is 16.7 Å². The molecule has 1 heterocycles. The van der Waals surface area contributed by atoms with Crippen molar-refractivity contribution in [2.75, 3.05) is 5.43 Å². The molecule has 3 N–H and O–H groups in total. The molecule has 0 amide bonds. The lowest BCUT2D eigenvalue weighted by atomic mass is 10.2. The molecule has 0 saturated heterocycles. The Morgan fingerprint density at radius 1 is 1.23 bits per heavy atom. The number of hydrogen-bond acceptors (Lipinski definition) is 3. The Labute approximate surface area is 77.5 Å². The summed E-state index contributed by atoms with van der Waals surface area (Å²) in [5, 5.41) is 1.01. The van der Waals surface area contributed by atoms with E-state index < -0.39 is 0 Å². The van der Waals surface area contributed by atoms with Crippen molar-refractivity contribution < 1.29 is 4.42 Å². The van der Waals surface area contributed by atoms with E-state index in [-0.39, 0.29) is 0 Å². The molecular formula is C10H14N2O. The fourth-order valence-electron chi connectivity index (χ4n) is 1.12. The largest absolute Gasteiger partial charge is 0.464 e. The number of nitrogen functional groups attached to an aromatic ring is 1. The third-order valence-corrected chi connectivity index (χ3v) is 1.65. The van der Waals surface area contributed by atoms with E-state index in [0.29, 0.717) is 0 Å². The Kier molecular flexibility index (Phi) is 3.34. The van der Waals surface area contributed by atoms with E-state index in [9.17, 15) is 0 Å². The zero-order chi connectivity index (χ0) is 9.68. The van der Waals surface area contributed by atoms with E-state index in [4.69, 9.17) is 10.3 Å². The summed E-state index contributed by atoms with van der Waals surface area (Å²) in [6.45, 7) is 4.00. The lowest BCUT2D eigenvalue weighted by molar-refractivity contribution is 0.616. The smallest absolute Gasteiger partial charge is 0.135 e. The van der Waals surface area contributed by atoms with Crippen LogP contribution in [0.15, 0.2) is 34.9 Å². The minimum atomic E-state index is 0.848. The van der Waals surface area contributed by atoms with Gasteiger partial charge in [0, 0.05) is 5.39 Å². The number of nitrogens with one attached hydrogen (secondary N) is 1. The molecule has 0 aliphatic heterocycles. The van der Waals surface area contributed by atoms with E-state index in [0.717, 1.165) is 16.7 Å². The second kappa shape index (κ2) is 4.52. The molecule has 0 aliphatic carbocycles. The van der Waals surface area contributed by atoms with Crippen LogP contribution in [-0.2, 0) is 0 Å². The number of benzene rings is 1. The van der Waals surface area contributed by atoms with Gasteiger partial charge in [-0.3, -0.25) is 5.84 Å². The van der Waals surface area contributed by atoms with Crippen molar-refractivity contribution in [3.05, 3.63) is 30.5 Å². The highest BCUT2D eigenvalue weighted by atomic mass is 16.3. The fraction of sp³-hybridized carbons (Fsp3) is 0.200. The number of anilines is 1. The predicted octanol–water partition coefficient (Wildman–Crippen LogP) is 2.74. The van der Waals surface area contributed by atoms with Crippen LogP contribution in [0, 0.1) is 0 Å². The first-order valence-electron chi connectivity index (χ1n) is 4.34. The molecule has 0 radical (unpaired) electrons. The first kappa shape index (κ1) is 9.61. The highest BCUT2D eigenvalue weighted by Crippen LogP contribution is 2.22. The predicted molar refractivity (Wildman–Crippen MR) is 55.4 cm³/mol. The van der Waals surface area contributed by atoms with Gasteiger partial charge < -0.3 is 9.84 Å². The van der Waals surface area contributed by atoms with Crippen LogP contribution >= 0.6 is 0 Å². The maximum absolute atomic E-state index is 5.28. The first-order valence-corrected chi connectivity index (χ1v) is 4.34. The molecule has 0 bridgehead atoms. The number of rotatable bonds is 1. The van der Waals surface area contributed by atoms with Crippen LogP contribution in [0.3, 0.4) is 0 Å². The van der Waals surface area contributed by atoms with Crippen LogP contribution in [0.5, 0.6) is 0 Å². The fourth-order valence-corrected chi connectivity index (χ4v) is 1.12. The lowest BCUT2D eigenvalue weighted by Crippen LogP contribution is -2.06. The van der Waals surface area contributed by atoms with E-state index in [1.54, 1.807) is 6.26 Å². The summed E-state index contributed by atoms with van der Waals surface area (Å²) in [5.74, 6) is 5.28. The second-order valence-electron chi connectivity index (χ2n) is 2.28. The summed E-state index contributed by atoms with van der Waals surface area (Å²) in [6.07, 6.45) is 1.64. The Morgan fingerprint density at radius 2 is 2.00 bits per heavy atom. The normalized spacial score (nSPS) is 9.15. The molecule has 1 aromatic carbocycles. The standard InChI is InChI=1S/C8H8N2O.C2H6/c9-10-7-2-1-3-8-6(7)4-5-11-8;1-2/h1-5,10H,9H2;1-2H3. The average molecular weight is 178 g/mol. The molecule has 2 rings (SSSR count). The van der Waals surface area contributed by atoms with E-state index in [1.807, 2.05) is 38.1 Å². The molecule has 0 aliphatic rings. The molecule has 2 aromatic rings. The van der Waals surface area contributed by atoms with Crippen molar-refractivity contribution in [3.63, 3.8) is 0 Å². The van der Waals surface area contributed by atoms with Gasteiger partial charge in [-0.2, -0.15) is 0 Å². The van der Waals surface area contributed by atoms with E-state index in [1.165, 1.54) is 0 Å². The zero-order valence-electron chi connectivity index (χ0n) is 7.87. The van der Waals surface area contributed by atoms with Crippen LogP contribution in [-0.4, -0.2) is 0 Å². The number of hydrogen-bond donors (Lipinski definition) is 2. The highest BCUT2D eigenvalue weighted by molar-refractivity contribution is 5.90. The molecule has 70 valence electrons. The van der Waals surface area contributed by atoms with Crippen molar-refractivity contribution in [3.8, 4) is 0 Å². The second-order valence-corrected chi connectivity index (χ2v) is 2.28. The monoisotopic (exact) mass is 178 g/mol. The minimum absolute atomic E-state index is 0.848. The van der Waals surface area contributed by atoms with Gasteiger partial charge in [0.05, 0.1) is 12.0 Å². The number of hydrazine groups is 1. The van der Waals surface area contributed by atoms with Crippen LogP contribution in [0.25, 0.3) is 11.0 Å². The highest BCUT2D eigenvalue weighted by Gasteiger charge is 1.99. The first-order chi connectivity index (χ1) is 6.42. The van der Waals surface area contributed by atoms with Crippen molar-refractivity contribution in [1.29, 1.82) is 0 Å². The third-order valence-electron chi connectivity index (χ3n) is 1.65. The molecule has 13 heavy (non-hydrogen) atoms. The minimum Gasteiger partial charge on any atom is -0.464 e. The van der Waals surface area contributed by atoms with Crippen LogP contribution in [0.1, 0.15) is 13.8 Å². The molecular weight excluding hydrogens is 164 g/mol. The van der Waals surface area contributed by atoms with Gasteiger partial charge in [0.1, 0.15) is 5.58 Å². The Bertz CT molecular complexity index is 368. The van der Waals surface area contributed by atoms with Crippen molar-refractivity contribution in [2.45, 2.75) is 13.8 Å². The van der Waals surface area contributed by atoms with Gasteiger partial charge in [-0.15, -0.1) is 0 Å². The summed E-state index contributed by atoms with van der Waals surface area (Å²) < 4.78 is 5.16. The van der Waals surface area contributed by atoms with Crippen LogP contribution in [0.2, 0.25) is 0 Å². The van der Waals surface area contributed by atoms with Gasteiger partial charge in [0.15, 0.2) is 0 Å². The summed E-state index contributed by atoms with van der Waals surface area (Å²) in [6, 6.07) is 7.57. The Hall–Kier alpha value is -1.48.